The maximum atomic E-state index is 13.4. The number of benzene rings is 1. The van der Waals surface area contributed by atoms with Crippen molar-refractivity contribution in [1.82, 2.24) is 10.3 Å². The highest BCUT2D eigenvalue weighted by molar-refractivity contribution is 7.93. The molecule has 1 fully saturated rings. The molecule has 0 spiro atoms. The molecule has 0 unspecified atom stereocenters. The molecule has 1 N–H and O–H groups in total. The van der Waals surface area contributed by atoms with E-state index in [1.165, 1.54) is 17.6 Å². The summed E-state index contributed by atoms with van der Waals surface area (Å²) < 4.78 is 32.8. The van der Waals surface area contributed by atoms with Crippen LogP contribution in [0.5, 0.6) is 0 Å². The van der Waals surface area contributed by atoms with Gasteiger partial charge in [-0.25, -0.2) is 13.2 Å². The molecular weight excluding hydrogens is 473 g/mol. The van der Waals surface area contributed by atoms with E-state index in [1.54, 1.807) is 36.4 Å². The first-order valence-corrected chi connectivity index (χ1v) is 10.8. The average molecular weight is 497 g/mol. The van der Waals surface area contributed by atoms with Crippen LogP contribution in [-0.2, 0) is 21.3 Å². The predicted molar refractivity (Wildman–Crippen MR) is 123 cm³/mol. The fraction of sp³-hybridized carbons (Fsp3) is 0.368. The van der Waals surface area contributed by atoms with Crippen molar-refractivity contribution in [2.45, 2.75) is 24.6 Å². The second-order valence-corrected chi connectivity index (χ2v) is 9.08. The lowest BCUT2D eigenvalue weighted by atomic mass is 10.2. The molecule has 0 amide bonds. The van der Waals surface area contributed by atoms with E-state index in [-0.39, 0.29) is 31.4 Å². The molecular formula is C19H24Cl3N3O4S. The minimum Gasteiger partial charge on any atom is -0.465 e. The van der Waals surface area contributed by atoms with E-state index < -0.39 is 21.2 Å². The van der Waals surface area contributed by atoms with Gasteiger partial charge < -0.3 is 10.1 Å². The fourth-order valence-electron chi connectivity index (χ4n) is 3.14. The molecule has 3 rings (SSSR count). The molecule has 0 aliphatic carbocycles. The number of hydrogen-bond acceptors (Lipinski definition) is 6. The van der Waals surface area contributed by atoms with Gasteiger partial charge in [0.1, 0.15) is 0 Å². The Kier molecular flexibility index (Phi) is 10.3. The van der Waals surface area contributed by atoms with Gasteiger partial charge in [-0.3, -0.25) is 9.29 Å². The van der Waals surface area contributed by atoms with Crippen LogP contribution in [0.2, 0.25) is 5.02 Å². The summed E-state index contributed by atoms with van der Waals surface area (Å²) in [6, 6.07) is 9.96. The van der Waals surface area contributed by atoms with E-state index in [2.05, 4.69) is 15.0 Å². The van der Waals surface area contributed by atoms with Gasteiger partial charge in [-0.15, -0.1) is 24.8 Å². The number of methoxy groups -OCH3 is 1. The topological polar surface area (TPSA) is 88.6 Å². The number of aromatic nitrogens is 1. The van der Waals surface area contributed by atoms with Gasteiger partial charge in [0.2, 0.25) is 10.0 Å². The Morgan fingerprint density at radius 2 is 1.93 bits per heavy atom. The lowest BCUT2D eigenvalue weighted by molar-refractivity contribution is 0.0600. The number of pyridine rings is 1. The number of rotatable bonds is 6. The first-order valence-electron chi connectivity index (χ1n) is 8.93. The van der Waals surface area contributed by atoms with Gasteiger partial charge in [-0.05, 0) is 56.3 Å². The van der Waals surface area contributed by atoms with E-state index in [0.717, 1.165) is 0 Å². The summed E-state index contributed by atoms with van der Waals surface area (Å²) in [4.78, 5) is 15.8. The van der Waals surface area contributed by atoms with Gasteiger partial charge in [0, 0.05) is 11.2 Å². The molecule has 1 aromatic carbocycles. The zero-order valence-electron chi connectivity index (χ0n) is 16.3. The number of piperidine rings is 1. The summed E-state index contributed by atoms with van der Waals surface area (Å²) in [5, 5.41) is 3.17. The highest BCUT2D eigenvalue weighted by atomic mass is 35.5. The van der Waals surface area contributed by atoms with Crippen molar-refractivity contribution in [1.29, 1.82) is 0 Å². The van der Waals surface area contributed by atoms with Crippen molar-refractivity contribution < 1.29 is 17.9 Å². The molecule has 1 aliphatic heterocycles. The molecule has 1 saturated heterocycles. The van der Waals surface area contributed by atoms with Gasteiger partial charge in [-0.1, -0.05) is 17.7 Å². The summed E-state index contributed by atoms with van der Waals surface area (Å²) in [7, 11) is -2.33. The van der Waals surface area contributed by atoms with Gasteiger partial charge in [0.15, 0.2) is 0 Å². The fourth-order valence-corrected chi connectivity index (χ4v) is 5.23. The first kappa shape index (κ1) is 26.5. The summed E-state index contributed by atoms with van der Waals surface area (Å²) in [6.07, 6.45) is 2.48. The van der Waals surface area contributed by atoms with Crippen LogP contribution in [0.4, 0.5) is 5.69 Å². The molecule has 166 valence electrons. The third-order valence-electron chi connectivity index (χ3n) is 4.66. The van der Waals surface area contributed by atoms with Crippen molar-refractivity contribution in [2.75, 3.05) is 24.5 Å². The smallest absolute Gasteiger partial charge is 0.339 e. The van der Waals surface area contributed by atoms with Crippen molar-refractivity contribution in [3.05, 3.63) is 58.9 Å². The van der Waals surface area contributed by atoms with Gasteiger partial charge >= 0.3 is 5.97 Å². The van der Waals surface area contributed by atoms with Crippen LogP contribution in [0.1, 0.15) is 28.9 Å². The number of nitrogens with one attached hydrogen (secondary N) is 1. The number of esters is 1. The van der Waals surface area contributed by atoms with Gasteiger partial charge in [0.05, 0.1) is 35.8 Å². The second kappa shape index (κ2) is 11.7. The maximum Gasteiger partial charge on any atom is 0.339 e. The van der Waals surface area contributed by atoms with E-state index in [0.29, 0.717) is 47.9 Å². The molecule has 0 saturated carbocycles. The van der Waals surface area contributed by atoms with E-state index in [4.69, 9.17) is 11.6 Å². The minimum absolute atomic E-state index is 0. The van der Waals surface area contributed by atoms with E-state index in [9.17, 15) is 13.2 Å². The quantitative estimate of drug-likeness (QED) is 0.616. The van der Waals surface area contributed by atoms with Gasteiger partial charge in [-0.2, -0.15) is 0 Å². The van der Waals surface area contributed by atoms with Crippen LogP contribution >= 0.6 is 36.4 Å². The van der Waals surface area contributed by atoms with Crippen molar-refractivity contribution >= 4 is 58.1 Å². The summed E-state index contributed by atoms with van der Waals surface area (Å²) >= 11 is 6.10. The number of sulfonamides is 1. The Morgan fingerprint density at radius 3 is 2.50 bits per heavy atom. The highest BCUT2D eigenvalue weighted by Gasteiger charge is 2.33. The lowest BCUT2D eigenvalue weighted by Gasteiger charge is -2.31. The Balaban J connectivity index is 0.00000225. The molecule has 11 heteroatoms. The molecule has 1 aliphatic rings. The molecule has 0 bridgehead atoms. The number of carbonyl (C=O) groups excluding carboxylic acids is 1. The van der Waals surface area contributed by atoms with Crippen molar-refractivity contribution in [2.24, 2.45) is 0 Å². The SMILES string of the molecule is COC(=O)c1ccc(CN(c2cccc(Cl)c2)S(=O)(=O)C2CCNCC2)nc1.Cl.Cl. The maximum absolute atomic E-state index is 13.4. The number of halogens is 3. The highest BCUT2D eigenvalue weighted by Crippen LogP contribution is 2.28. The zero-order valence-corrected chi connectivity index (χ0v) is 19.5. The number of anilines is 1. The average Bonchev–Trinajstić information content (AvgIpc) is 2.72. The lowest BCUT2D eigenvalue weighted by Crippen LogP contribution is -2.44. The summed E-state index contributed by atoms with van der Waals surface area (Å²) in [5.41, 5.74) is 1.32. The largest absolute Gasteiger partial charge is 0.465 e. The summed E-state index contributed by atoms with van der Waals surface area (Å²) in [6.45, 7) is 1.38. The third kappa shape index (κ3) is 6.21. The normalized spacial score (nSPS) is 14.2. The second-order valence-electron chi connectivity index (χ2n) is 6.51. The van der Waals surface area contributed by atoms with Crippen LogP contribution in [0, 0.1) is 0 Å². The van der Waals surface area contributed by atoms with Crippen LogP contribution < -0.4 is 9.62 Å². The number of carbonyl (C=O) groups is 1. The molecule has 30 heavy (non-hydrogen) atoms. The van der Waals surface area contributed by atoms with Crippen LogP contribution in [0.3, 0.4) is 0 Å². The molecule has 7 nitrogen and oxygen atoms in total. The molecule has 2 heterocycles. The number of ether oxygens (including phenoxy) is 1. The van der Waals surface area contributed by atoms with Crippen molar-refractivity contribution in [3.8, 4) is 0 Å². The van der Waals surface area contributed by atoms with Gasteiger partial charge in [0.25, 0.3) is 0 Å². The van der Waals surface area contributed by atoms with E-state index in [1.807, 2.05) is 0 Å². The number of nitrogens with zero attached hydrogens (tertiary/aromatic N) is 2. The van der Waals surface area contributed by atoms with E-state index >= 15 is 0 Å². The molecule has 2 aromatic rings. The van der Waals surface area contributed by atoms with Crippen molar-refractivity contribution in [3.63, 3.8) is 0 Å². The van der Waals surface area contributed by atoms with Crippen LogP contribution in [0.15, 0.2) is 42.6 Å². The first-order chi connectivity index (χ1) is 13.4. The Bertz CT molecular complexity index is 936. The standard InChI is InChI=1S/C19H22ClN3O4S.2ClH/c1-27-19(24)14-5-6-16(22-12-14)13-23(17-4-2-3-15(20)11-17)28(25,26)18-7-9-21-10-8-18;;/h2-6,11-12,18,21H,7-10,13H2,1H3;2*1H. The molecule has 0 radical (unpaired) electrons. The number of hydrogen-bond donors (Lipinski definition) is 1. The monoisotopic (exact) mass is 495 g/mol. The summed E-state index contributed by atoms with van der Waals surface area (Å²) in [5.74, 6) is -0.493. The predicted octanol–water partition coefficient (Wildman–Crippen LogP) is 3.45. The minimum atomic E-state index is -3.62. The molecule has 1 aromatic heterocycles. The third-order valence-corrected chi connectivity index (χ3v) is 7.17. The Labute approximate surface area is 194 Å². The Morgan fingerprint density at radius 1 is 1.23 bits per heavy atom. The zero-order chi connectivity index (χ0) is 20.1. The van der Waals surface area contributed by atoms with Crippen LogP contribution in [0.25, 0.3) is 0 Å². The van der Waals surface area contributed by atoms with Crippen LogP contribution in [-0.4, -0.2) is 44.8 Å². The molecule has 0 atom stereocenters. The Hall–Kier alpha value is -1.58.